The summed E-state index contributed by atoms with van der Waals surface area (Å²) in [5, 5.41) is 2.41. The molecule has 1 saturated heterocycles. The second kappa shape index (κ2) is 13.4. The highest BCUT2D eigenvalue weighted by Crippen LogP contribution is 2.39. The number of imide groups is 1. The molecule has 4 rings (SSSR count). The molecule has 0 saturated carbocycles. The quantitative estimate of drug-likeness (QED) is 0.262. The fourth-order valence-electron chi connectivity index (χ4n) is 3.85. The molecule has 0 spiro atoms. The fourth-order valence-corrected chi connectivity index (χ4v) is 5.29. The zero-order chi connectivity index (χ0) is 28.6. The van der Waals surface area contributed by atoms with Gasteiger partial charge in [-0.05, 0) is 88.2 Å². The number of carbonyl (C=O) groups is 3. The van der Waals surface area contributed by atoms with E-state index in [2.05, 4.69) is 21.2 Å². The van der Waals surface area contributed by atoms with E-state index in [9.17, 15) is 14.4 Å². The molecule has 11 heteroatoms. The van der Waals surface area contributed by atoms with E-state index in [1.807, 2.05) is 37.3 Å². The number of carbonyl (C=O) groups excluding carboxylic acids is 3. The molecule has 3 amide bonds. The predicted octanol–water partition coefficient (Wildman–Crippen LogP) is 5.91. The second-order valence-corrected chi connectivity index (χ2v) is 10.4. The number of methoxy groups -OCH3 is 2. The maximum absolute atomic E-state index is 13.0. The third kappa shape index (κ3) is 7.16. The van der Waals surface area contributed by atoms with Gasteiger partial charge in [-0.15, -0.1) is 0 Å². The van der Waals surface area contributed by atoms with Gasteiger partial charge in [0.05, 0.1) is 30.1 Å². The number of amides is 3. The van der Waals surface area contributed by atoms with Gasteiger partial charge in [0.2, 0.25) is 0 Å². The van der Waals surface area contributed by atoms with Crippen LogP contribution in [0.3, 0.4) is 0 Å². The topological polar surface area (TPSA) is 103 Å². The first-order valence-electron chi connectivity index (χ1n) is 12.2. The average molecular weight is 628 g/mol. The van der Waals surface area contributed by atoms with E-state index in [0.29, 0.717) is 38.7 Å². The van der Waals surface area contributed by atoms with Crippen molar-refractivity contribution >= 4 is 56.5 Å². The van der Waals surface area contributed by atoms with Crippen LogP contribution in [-0.2, 0) is 9.59 Å². The summed E-state index contributed by atoms with van der Waals surface area (Å²) in [5.74, 6) is 1.04. The summed E-state index contributed by atoms with van der Waals surface area (Å²) in [5.41, 5.74) is 2.31. The minimum atomic E-state index is -0.415. The highest BCUT2D eigenvalue weighted by molar-refractivity contribution is 9.10. The lowest BCUT2D eigenvalue weighted by molar-refractivity contribution is -0.123. The van der Waals surface area contributed by atoms with E-state index in [1.165, 1.54) is 7.11 Å². The van der Waals surface area contributed by atoms with Crippen LogP contribution in [0, 0.1) is 6.92 Å². The number of para-hydroxylation sites is 2. The van der Waals surface area contributed by atoms with Crippen molar-refractivity contribution in [2.45, 2.75) is 6.92 Å². The van der Waals surface area contributed by atoms with Crippen LogP contribution in [0.5, 0.6) is 23.0 Å². The van der Waals surface area contributed by atoms with Crippen molar-refractivity contribution in [3.63, 3.8) is 0 Å². The largest absolute Gasteiger partial charge is 0.493 e. The van der Waals surface area contributed by atoms with Crippen molar-refractivity contribution in [1.82, 2.24) is 4.90 Å². The standard InChI is InChI=1S/C29H27BrN2O7S/c1-18-7-6-8-20(13-18)31-26(33)17-39-27-21(30)14-19(15-24(27)37-3)16-25-28(34)32(29(35)40-25)11-12-38-23-10-5-4-9-22(23)36-2/h4-10,13-16H,11-12,17H2,1-3H3,(H,31,33)/b25-16-. The molecule has 1 aliphatic rings. The number of rotatable bonds is 11. The molecular weight excluding hydrogens is 600 g/mol. The van der Waals surface area contributed by atoms with Gasteiger partial charge in [0.15, 0.2) is 29.6 Å². The van der Waals surface area contributed by atoms with Crippen molar-refractivity contribution in [3.05, 3.63) is 81.2 Å². The minimum absolute atomic E-state index is 0.0878. The number of benzene rings is 3. The first-order valence-corrected chi connectivity index (χ1v) is 13.8. The van der Waals surface area contributed by atoms with Gasteiger partial charge >= 0.3 is 0 Å². The van der Waals surface area contributed by atoms with Crippen LogP contribution in [0.25, 0.3) is 6.08 Å². The zero-order valence-corrected chi connectivity index (χ0v) is 24.5. The van der Waals surface area contributed by atoms with Gasteiger partial charge in [0.25, 0.3) is 17.1 Å². The smallest absolute Gasteiger partial charge is 0.293 e. The van der Waals surface area contributed by atoms with Gasteiger partial charge in [-0.3, -0.25) is 19.3 Å². The Morgan fingerprint density at radius 2 is 1.73 bits per heavy atom. The van der Waals surface area contributed by atoms with E-state index in [0.717, 1.165) is 22.2 Å². The van der Waals surface area contributed by atoms with Crippen LogP contribution < -0.4 is 24.3 Å². The molecule has 1 fully saturated rings. The summed E-state index contributed by atoms with van der Waals surface area (Å²) in [6, 6.07) is 18.0. The molecular formula is C29H27BrN2O7S. The number of hydrogen-bond acceptors (Lipinski definition) is 8. The normalized spacial score (nSPS) is 13.9. The van der Waals surface area contributed by atoms with Crippen molar-refractivity contribution < 1.29 is 33.3 Å². The Kier molecular flexibility index (Phi) is 9.73. The monoisotopic (exact) mass is 626 g/mol. The number of thioether (sulfide) groups is 1. The van der Waals surface area contributed by atoms with Crippen LogP contribution in [0.1, 0.15) is 11.1 Å². The van der Waals surface area contributed by atoms with Gasteiger partial charge in [0.1, 0.15) is 6.61 Å². The summed E-state index contributed by atoms with van der Waals surface area (Å²) in [4.78, 5) is 39.3. The van der Waals surface area contributed by atoms with E-state index < -0.39 is 5.91 Å². The fraction of sp³-hybridized carbons (Fsp3) is 0.207. The van der Waals surface area contributed by atoms with E-state index >= 15 is 0 Å². The molecule has 1 heterocycles. The highest BCUT2D eigenvalue weighted by atomic mass is 79.9. The van der Waals surface area contributed by atoms with E-state index in [4.69, 9.17) is 18.9 Å². The lowest BCUT2D eigenvalue weighted by atomic mass is 10.2. The number of nitrogens with zero attached hydrogens (tertiary/aromatic N) is 1. The van der Waals surface area contributed by atoms with Gasteiger partial charge in [0, 0.05) is 5.69 Å². The van der Waals surface area contributed by atoms with Crippen LogP contribution in [0.15, 0.2) is 70.0 Å². The molecule has 0 aromatic heterocycles. The highest BCUT2D eigenvalue weighted by Gasteiger charge is 2.35. The average Bonchev–Trinajstić information content (AvgIpc) is 3.19. The molecule has 0 aliphatic carbocycles. The molecule has 208 valence electrons. The SMILES string of the molecule is COc1ccccc1OCCN1C(=O)S/C(=C\c2cc(Br)c(OCC(=O)Nc3cccc(C)c3)c(OC)c2)C1=O. The minimum Gasteiger partial charge on any atom is -0.493 e. The molecule has 3 aromatic carbocycles. The summed E-state index contributed by atoms with van der Waals surface area (Å²) in [7, 11) is 3.01. The van der Waals surface area contributed by atoms with Gasteiger partial charge in [-0.2, -0.15) is 0 Å². The van der Waals surface area contributed by atoms with Crippen LogP contribution in [0.4, 0.5) is 10.5 Å². The molecule has 0 radical (unpaired) electrons. The molecule has 0 unspecified atom stereocenters. The van der Waals surface area contributed by atoms with Crippen LogP contribution in [-0.4, -0.2) is 55.9 Å². The van der Waals surface area contributed by atoms with Crippen LogP contribution >= 0.6 is 27.7 Å². The van der Waals surface area contributed by atoms with Crippen molar-refractivity contribution in [2.24, 2.45) is 0 Å². The third-order valence-electron chi connectivity index (χ3n) is 5.71. The maximum atomic E-state index is 13.0. The number of halogens is 1. The van der Waals surface area contributed by atoms with Gasteiger partial charge in [-0.1, -0.05) is 24.3 Å². The lowest BCUT2D eigenvalue weighted by Crippen LogP contribution is -2.32. The number of nitrogens with one attached hydrogen (secondary N) is 1. The predicted molar refractivity (Wildman–Crippen MR) is 157 cm³/mol. The Morgan fingerprint density at radius 1 is 0.975 bits per heavy atom. The first-order chi connectivity index (χ1) is 19.3. The molecule has 1 N–H and O–H groups in total. The van der Waals surface area contributed by atoms with Gasteiger partial charge < -0.3 is 24.3 Å². The molecule has 3 aromatic rings. The Labute approximate surface area is 244 Å². The van der Waals surface area contributed by atoms with Gasteiger partial charge in [-0.25, -0.2) is 0 Å². The molecule has 0 bridgehead atoms. The number of ether oxygens (including phenoxy) is 4. The maximum Gasteiger partial charge on any atom is 0.293 e. The van der Waals surface area contributed by atoms with E-state index in [1.54, 1.807) is 43.5 Å². The lowest BCUT2D eigenvalue weighted by Gasteiger charge is -2.15. The zero-order valence-electron chi connectivity index (χ0n) is 22.1. The molecule has 1 aliphatic heterocycles. The Balaban J connectivity index is 1.40. The summed E-state index contributed by atoms with van der Waals surface area (Å²) >= 11 is 4.31. The van der Waals surface area contributed by atoms with Crippen LogP contribution in [0.2, 0.25) is 0 Å². The van der Waals surface area contributed by atoms with Crippen molar-refractivity contribution in [1.29, 1.82) is 0 Å². The van der Waals surface area contributed by atoms with E-state index in [-0.39, 0.29) is 35.8 Å². The number of hydrogen-bond donors (Lipinski definition) is 1. The second-order valence-electron chi connectivity index (χ2n) is 8.57. The van der Waals surface area contributed by atoms with Crippen molar-refractivity contribution in [3.8, 4) is 23.0 Å². The molecule has 0 atom stereocenters. The Morgan fingerprint density at radius 3 is 2.45 bits per heavy atom. The third-order valence-corrected chi connectivity index (χ3v) is 7.21. The number of aryl methyl sites for hydroxylation is 1. The van der Waals surface area contributed by atoms with Crippen molar-refractivity contribution in [2.75, 3.05) is 39.3 Å². The summed E-state index contributed by atoms with van der Waals surface area (Å²) < 4.78 is 22.7. The first kappa shape index (κ1) is 29.0. The summed E-state index contributed by atoms with van der Waals surface area (Å²) in [6.45, 7) is 1.91. The Bertz CT molecular complexity index is 1460. The Hall–Kier alpha value is -3.96. The molecule has 9 nitrogen and oxygen atoms in total. The molecule has 40 heavy (non-hydrogen) atoms. The summed E-state index contributed by atoms with van der Waals surface area (Å²) in [6.07, 6.45) is 1.60. The number of anilines is 1.